The van der Waals surface area contributed by atoms with Crippen LogP contribution in [0.4, 0.5) is 0 Å². The predicted octanol–water partition coefficient (Wildman–Crippen LogP) is -1.02. The average molecular weight is 224 g/mol. The molecule has 0 fully saturated rings. The van der Waals surface area contributed by atoms with Crippen molar-refractivity contribution < 1.29 is 13.4 Å². The highest BCUT2D eigenvalue weighted by Gasteiger charge is 2.34. The zero-order valence-electron chi connectivity index (χ0n) is 8.03. The van der Waals surface area contributed by atoms with Gasteiger partial charge in [0.25, 0.3) is 0 Å². The molecule has 0 spiro atoms. The first-order valence-electron chi connectivity index (χ1n) is 4.30. The van der Waals surface area contributed by atoms with Crippen molar-refractivity contribution in [1.82, 2.24) is 4.33 Å². The number of hydrogen-bond donors (Lipinski definition) is 1. The normalized spacial score (nSPS) is 15.3. The SMILES string of the molecule is CS(=O)(=O)N1N=Cc2ccccc2B1O. The third kappa shape index (κ3) is 1.75. The maximum Gasteiger partial charge on any atom is 0.483 e. The molecule has 0 unspecified atom stereocenters. The van der Waals surface area contributed by atoms with Gasteiger partial charge in [-0.25, -0.2) is 12.7 Å². The molecule has 1 N–H and O–H groups in total. The van der Waals surface area contributed by atoms with Crippen LogP contribution in [0.15, 0.2) is 29.4 Å². The molecule has 1 aliphatic rings. The Morgan fingerprint density at radius 2 is 2.07 bits per heavy atom. The van der Waals surface area contributed by atoms with Crippen molar-refractivity contribution in [2.45, 2.75) is 0 Å². The number of fused-ring (bicyclic) bond motifs is 1. The Morgan fingerprint density at radius 3 is 2.73 bits per heavy atom. The summed E-state index contributed by atoms with van der Waals surface area (Å²) in [5, 5.41) is 13.5. The van der Waals surface area contributed by atoms with Crippen LogP contribution in [0.3, 0.4) is 0 Å². The molecule has 0 aromatic heterocycles. The molecule has 0 bridgehead atoms. The van der Waals surface area contributed by atoms with E-state index in [-0.39, 0.29) is 0 Å². The lowest BCUT2D eigenvalue weighted by atomic mass is 9.72. The summed E-state index contributed by atoms with van der Waals surface area (Å²) in [5.74, 6) is 0. The molecule has 1 heterocycles. The van der Waals surface area contributed by atoms with Gasteiger partial charge >= 0.3 is 7.05 Å². The lowest BCUT2D eigenvalue weighted by Gasteiger charge is -2.24. The fraction of sp³-hybridized carbons (Fsp3) is 0.125. The van der Waals surface area contributed by atoms with Crippen molar-refractivity contribution >= 4 is 28.8 Å². The van der Waals surface area contributed by atoms with E-state index in [0.29, 0.717) is 9.79 Å². The van der Waals surface area contributed by atoms with E-state index in [1.54, 1.807) is 24.3 Å². The van der Waals surface area contributed by atoms with E-state index in [0.717, 1.165) is 11.8 Å². The summed E-state index contributed by atoms with van der Waals surface area (Å²) < 4.78 is 23.2. The monoisotopic (exact) mass is 224 g/mol. The predicted molar refractivity (Wildman–Crippen MR) is 58.3 cm³/mol. The molecule has 0 aliphatic carbocycles. The Labute approximate surface area is 88.2 Å². The molecule has 2 rings (SSSR count). The van der Waals surface area contributed by atoms with Crippen LogP contribution in [0.5, 0.6) is 0 Å². The van der Waals surface area contributed by atoms with Gasteiger partial charge in [0.1, 0.15) is 0 Å². The van der Waals surface area contributed by atoms with Gasteiger partial charge in [0, 0.05) is 0 Å². The van der Waals surface area contributed by atoms with E-state index in [1.807, 2.05) is 0 Å². The third-order valence-electron chi connectivity index (χ3n) is 2.13. The van der Waals surface area contributed by atoms with E-state index >= 15 is 0 Å². The van der Waals surface area contributed by atoms with E-state index in [4.69, 9.17) is 0 Å². The molecule has 7 heteroatoms. The van der Waals surface area contributed by atoms with Crippen molar-refractivity contribution in [2.24, 2.45) is 5.10 Å². The minimum absolute atomic E-state index is 0.540. The van der Waals surface area contributed by atoms with Crippen LogP contribution in [-0.4, -0.2) is 37.3 Å². The molecule has 5 nitrogen and oxygen atoms in total. The smallest absolute Gasteiger partial charge is 0.427 e. The summed E-state index contributed by atoms with van der Waals surface area (Å²) in [6.07, 6.45) is 2.42. The molecule has 0 radical (unpaired) electrons. The topological polar surface area (TPSA) is 70.0 Å². The molecular weight excluding hydrogens is 215 g/mol. The zero-order valence-corrected chi connectivity index (χ0v) is 8.85. The fourth-order valence-corrected chi connectivity index (χ4v) is 2.13. The van der Waals surface area contributed by atoms with Crippen LogP contribution in [0.2, 0.25) is 0 Å². The van der Waals surface area contributed by atoms with E-state index in [9.17, 15) is 13.4 Å². The molecule has 15 heavy (non-hydrogen) atoms. The van der Waals surface area contributed by atoms with Gasteiger partial charge in [-0.1, -0.05) is 24.3 Å². The number of sulfonamides is 1. The van der Waals surface area contributed by atoms with Crippen LogP contribution < -0.4 is 5.46 Å². The summed E-state index contributed by atoms with van der Waals surface area (Å²) in [6, 6.07) is 6.97. The molecule has 0 saturated carbocycles. The van der Waals surface area contributed by atoms with Crippen LogP contribution in [0.25, 0.3) is 0 Å². The molecule has 0 atom stereocenters. The van der Waals surface area contributed by atoms with Crippen LogP contribution >= 0.6 is 0 Å². The number of nitrogens with zero attached hydrogens (tertiary/aromatic N) is 2. The Hall–Kier alpha value is -1.34. The summed E-state index contributed by atoms with van der Waals surface area (Å²) in [4.78, 5) is 0. The van der Waals surface area contributed by atoms with Gasteiger partial charge in [-0.3, -0.25) is 0 Å². The second-order valence-corrected chi connectivity index (χ2v) is 5.12. The highest BCUT2D eigenvalue weighted by atomic mass is 32.2. The fourth-order valence-electron chi connectivity index (χ4n) is 1.43. The summed E-state index contributed by atoms with van der Waals surface area (Å²) >= 11 is 0. The number of benzene rings is 1. The molecule has 1 aromatic rings. The lowest BCUT2D eigenvalue weighted by molar-refractivity contribution is 0.479. The van der Waals surface area contributed by atoms with Crippen molar-refractivity contribution in [3.8, 4) is 0 Å². The van der Waals surface area contributed by atoms with Gasteiger partial charge in [-0.15, -0.1) is 0 Å². The standard InChI is InChI=1S/C8H9BN2O3S/c1-15(13,14)11-9(12)8-5-3-2-4-7(8)6-10-11/h2-6,12H,1H3. The van der Waals surface area contributed by atoms with Crippen LogP contribution in [0.1, 0.15) is 5.56 Å². The number of rotatable bonds is 1. The molecule has 0 saturated heterocycles. The first-order valence-corrected chi connectivity index (χ1v) is 6.15. The van der Waals surface area contributed by atoms with Gasteiger partial charge in [0.05, 0.1) is 12.5 Å². The average Bonchev–Trinajstić information content (AvgIpc) is 2.16. The summed E-state index contributed by atoms with van der Waals surface area (Å²) in [5.41, 5.74) is 1.27. The Kier molecular flexibility index (Phi) is 2.28. The molecular formula is C8H9BN2O3S. The Bertz CT molecular complexity index is 514. The first kappa shape index (κ1) is 10.2. The number of hydrogen-bond acceptors (Lipinski definition) is 4. The summed E-state index contributed by atoms with van der Waals surface area (Å²) in [7, 11) is -4.77. The van der Waals surface area contributed by atoms with Gasteiger partial charge < -0.3 is 5.02 Å². The van der Waals surface area contributed by atoms with Crippen LogP contribution in [0, 0.1) is 0 Å². The molecule has 0 amide bonds. The van der Waals surface area contributed by atoms with Crippen LogP contribution in [-0.2, 0) is 10.0 Å². The van der Waals surface area contributed by atoms with Gasteiger partial charge in [-0.2, -0.15) is 5.10 Å². The number of hydrazone groups is 1. The second kappa shape index (κ2) is 3.35. The first-order chi connectivity index (χ1) is 7.00. The minimum Gasteiger partial charge on any atom is -0.427 e. The van der Waals surface area contributed by atoms with Gasteiger partial charge in [0.15, 0.2) is 0 Å². The second-order valence-electron chi connectivity index (χ2n) is 3.28. The lowest BCUT2D eigenvalue weighted by Crippen LogP contribution is -2.51. The van der Waals surface area contributed by atoms with Crippen molar-refractivity contribution in [2.75, 3.05) is 6.26 Å². The molecule has 78 valence electrons. The maximum absolute atomic E-state index is 11.3. The minimum atomic E-state index is -3.53. The maximum atomic E-state index is 11.3. The van der Waals surface area contributed by atoms with E-state index in [2.05, 4.69) is 5.10 Å². The highest BCUT2D eigenvalue weighted by molar-refractivity contribution is 7.89. The van der Waals surface area contributed by atoms with E-state index in [1.165, 1.54) is 6.21 Å². The van der Waals surface area contributed by atoms with Crippen molar-refractivity contribution in [3.63, 3.8) is 0 Å². The van der Waals surface area contributed by atoms with Gasteiger partial charge in [0.2, 0.25) is 10.0 Å². The van der Waals surface area contributed by atoms with Gasteiger partial charge in [-0.05, 0) is 11.0 Å². The Morgan fingerprint density at radius 1 is 1.40 bits per heavy atom. The Balaban J connectivity index is 2.51. The molecule has 1 aromatic carbocycles. The van der Waals surface area contributed by atoms with Crippen molar-refractivity contribution in [3.05, 3.63) is 29.8 Å². The highest BCUT2D eigenvalue weighted by Crippen LogP contribution is 2.08. The quantitative estimate of drug-likeness (QED) is 0.621. The molecule has 1 aliphatic heterocycles. The third-order valence-corrected chi connectivity index (χ3v) is 3.11. The zero-order chi connectivity index (χ0) is 11.1. The summed E-state index contributed by atoms with van der Waals surface area (Å²) in [6.45, 7) is 0. The largest absolute Gasteiger partial charge is 0.483 e. The van der Waals surface area contributed by atoms with Crippen molar-refractivity contribution in [1.29, 1.82) is 0 Å². The van der Waals surface area contributed by atoms with E-state index < -0.39 is 17.1 Å².